The SMILES string of the molecule is CN(Cc1cnn(C)c1)c1cc2c(cc1Br)C(O)C(=O)N2. The molecule has 0 saturated heterocycles. The largest absolute Gasteiger partial charge is 0.378 e. The van der Waals surface area contributed by atoms with Crippen molar-refractivity contribution in [3.63, 3.8) is 0 Å². The molecule has 1 aromatic carbocycles. The Kier molecular flexibility index (Phi) is 3.46. The zero-order valence-electron chi connectivity index (χ0n) is 11.7. The van der Waals surface area contributed by atoms with Crippen LogP contribution < -0.4 is 10.2 Å². The van der Waals surface area contributed by atoms with E-state index in [0.717, 1.165) is 15.7 Å². The number of aromatic nitrogens is 2. The van der Waals surface area contributed by atoms with Gasteiger partial charge in [0.15, 0.2) is 6.10 Å². The number of benzene rings is 1. The first-order valence-electron chi connectivity index (χ1n) is 6.46. The number of carbonyl (C=O) groups excluding carboxylic acids is 1. The van der Waals surface area contributed by atoms with E-state index in [1.54, 1.807) is 10.7 Å². The van der Waals surface area contributed by atoms with E-state index in [2.05, 4.69) is 31.2 Å². The summed E-state index contributed by atoms with van der Waals surface area (Å²) in [6.45, 7) is 0.696. The zero-order valence-corrected chi connectivity index (χ0v) is 13.3. The number of nitrogens with zero attached hydrogens (tertiary/aromatic N) is 3. The molecule has 110 valence electrons. The fourth-order valence-electron chi connectivity index (χ4n) is 2.46. The number of aryl methyl sites for hydroxylation is 1. The van der Waals surface area contributed by atoms with Crippen molar-refractivity contribution < 1.29 is 9.90 Å². The van der Waals surface area contributed by atoms with Crippen molar-refractivity contribution in [2.24, 2.45) is 7.05 Å². The van der Waals surface area contributed by atoms with E-state index in [0.29, 0.717) is 17.8 Å². The Morgan fingerprint density at radius 2 is 2.29 bits per heavy atom. The van der Waals surface area contributed by atoms with Crippen LogP contribution >= 0.6 is 15.9 Å². The molecule has 0 fully saturated rings. The van der Waals surface area contributed by atoms with E-state index >= 15 is 0 Å². The van der Waals surface area contributed by atoms with Gasteiger partial charge in [-0.1, -0.05) is 0 Å². The first-order chi connectivity index (χ1) is 9.95. The fraction of sp³-hybridized carbons (Fsp3) is 0.286. The minimum Gasteiger partial charge on any atom is -0.378 e. The summed E-state index contributed by atoms with van der Waals surface area (Å²) in [6, 6.07) is 3.65. The third kappa shape index (κ3) is 2.54. The predicted octanol–water partition coefficient (Wildman–Crippen LogP) is 1.80. The molecule has 1 aliphatic heterocycles. The van der Waals surface area contributed by atoms with Gasteiger partial charge in [0, 0.05) is 48.1 Å². The van der Waals surface area contributed by atoms with E-state index in [-0.39, 0.29) is 5.91 Å². The summed E-state index contributed by atoms with van der Waals surface area (Å²) in [7, 11) is 3.85. The number of hydrogen-bond acceptors (Lipinski definition) is 4. The molecule has 0 aliphatic carbocycles. The van der Waals surface area contributed by atoms with Gasteiger partial charge in [0.05, 0.1) is 11.9 Å². The summed E-state index contributed by atoms with van der Waals surface area (Å²) in [5.41, 5.74) is 3.29. The summed E-state index contributed by atoms with van der Waals surface area (Å²) in [4.78, 5) is 13.6. The molecule has 6 nitrogen and oxygen atoms in total. The summed E-state index contributed by atoms with van der Waals surface area (Å²) in [5.74, 6) is -0.385. The smallest absolute Gasteiger partial charge is 0.257 e. The van der Waals surface area contributed by atoms with Crippen LogP contribution in [-0.4, -0.2) is 27.8 Å². The van der Waals surface area contributed by atoms with Crippen molar-refractivity contribution in [2.45, 2.75) is 12.6 Å². The number of anilines is 2. The van der Waals surface area contributed by atoms with Gasteiger partial charge in [-0.25, -0.2) is 0 Å². The van der Waals surface area contributed by atoms with Crippen molar-refractivity contribution in [3.05, 3.63) is 40.1 Å². The number of halogens is 1. The lowest BCUT2D eigenvalue weighted by molar-refractivity contribution is -0.123. The Labute approximate surface area is 130 Å². The average Bonchev–Trinajstić information content (AvgIpc) is 2.95. The molecule has 3 rings (SSSR count). The quantitative estimate of drug-likeness (QED) is 0.885. The standard InChI is InChI=1S/C14H15BrN4O2/c1-18(6-8-5-16-19(2)7-8)12-4-11-9(3-10(12)15)13(20)14(21)17-11/h3-5,7,13,20H,6H2,1-2H3,(H,17,21). The first-order valence-corrected chi connectivity index (χ1v) is 7.26. The van der Waals surface area contributed by atoms with Gasteiger partial charge in [-0.05, 0) is 28.1 Å². The number of amides is 1. The highest BCUT2D eigenvalue weighted by molar-refractivity contribution is 9.10. The normalized spacial score (nSPS) is 16.8. The highest BCUT2D eigenvalue weighted by Gasteiger charge is 2.29. The van der Waals surface area contributed by atoms with Gasteiger partial charge in [-0.15, -0.1) is 0 Å². The monoisotopic (exact) mass is 350 g/mol. The molecule has 0 saturated carbocycles. The van der Waals surface area contributed by atoms with Crippen molar-refractivity contribution in [3.8, 4) is 0 Å². The molecular formula is C14H15BrN4O2. The van der Waals surface area contributed by atoms with Gasteiger partial charge >= 0.3 is 0 Å². The maximum Gasteiger partial charge on any atom is 0.257 e. The predicted molar refractivity (Wildman–Crippen MR) is 83.0 cm³/mol. The van der Waals surface area contributed by atoms with Crippen molar-refractivity contribution in [1.82, 2.24) is 9.78 Å². The molecule has 21 heavy (non-hydrogen) atoms. The van der Waals surface area contributed by atoms with Crippen molar-refractivity contribution in [2.75, 3.05) is 17.3 Å². The van der Waals surface area contributed by atoms with Gasteiger partial charge in [-0.2, -0.15) is 5.10 Å². The summed E-state index contributed by atoms with van der Waals surface area (Å²) in [5, 5.41) is 16.6. The Bertz CT molecular complexity index is 713. The third-order valence-electron chi connectivity index (χ3n) is 3.51. The van der Waals surface area contributed by atoms with Crippen molar-refractivity contribution >= 4 is 33.2 Å². The fourth-order valence-corrected chi connectivity index (χ4v) is 3.12. The van der Waals surface area contributed by atoms with Crippen LogP contribution in [0.25, 0.3) is 0 Å². The van der Waals surface area contributed by atoms with Gasteiger partial charge in [0.1, 0.15) is 0 Å². The highest BCUT2D eigenvalue weighted by atomic mass is 79.9. The lowest BCUT2D eigenvalue weighted by Crippen LogP contribution is -2.16. The topological polar surface area (TPSA) is 70.4 Å². The number of rotatable bonds is 3. The van der Waals surface area contributed by atoms with Crippen LogP contribution in [0.5, 0.6) is 0 Å². The number of fused-ring (bicyclic) bond motifs is 1. The Hall–Kier alpha value is -1.86. The molecule has 0 bridgehead atoms. The Balaban J connectivity index is 1.89. The van der Waals surface area contributed by atoms with Crippen LogP contribution in [0.1, 0.15) is 17.2 Å². The first kappa shape index (κ1) is 14.1. The molecule has 2 aromatic rings. The minimum atomic E-state index is -1.09. The Morgan fingerprint density at radius 3 is 2.95 bits per heavy atom. The maximum absolute atomic E-state index is 11.5. The van der Waals surface area contributed by atoms with Gasteiger partial charge < -0.3 is 15.3 Å². The second kappa shape index (κ2) is 5.16. The molecule has 0 radical (unpaired) electrons. The molecular weight excluding hydrogens is 336 g/mol. The zero-order chi connectivity index (χ0) is 15.1. The molecule has 2 heterocycles. The van der Waals surface area contributed by atoms with Crippen LogP contribution in [-0.2, 0) is 18.4 Å². The molecule has 1 amide bonds. The van der Waals surface area contributed by atoms with E-state index in [1.165, 1.54) is 0 Å². The maximum atomic E-state index is 11.5. The second-order valence-corrected chi connectivity index (χ2v) is 6.02. The molecule has 1 atom stereocenters. The van der Waals surface area contributed by atoms with E-state index in [4.69, 9.17) is 0 Å². The van der Waals surface area contributed by atoms with Crippen LogP contribution in [0.3, 0.4) is 0 Å². The molecule has 1 unspecified atom stereocenters. The summed E-state index contributed by atoms with van der Waals surface area (Å²) < 4.78 is 2.60. The van der Waals surface area contributed by atoms with Gasteiger partial charge in [0.25, 0.3) is 5.91 Å². The van der Waals surface area contributed by atoms with Crippen LogP contribution in [0.15, 0.2) is 29.0 Å². The number of nitrogens with one attached hydrogen (secondary N) is 1. The third-order valence-corrected chi connectivity index (χ3v) is 4.14. The van der Waals surface area contributed by atoms with Crippen LogP contribution in [0.2, 0.25) is 0 Å². The summed E-state index contributed by atoms with van der Waals surface area (Å²) in [6.07, 6.45) is 2.70. The number of carbonyl (C=O) groups is 1. The minimum absolute atomic E-state index is 0.385. The molecule has 1 aromatic heterocycles. The van der Waals surface area contributed by atoms with Crippen LogP contribution in [0.4, 0.5) is 11.4 Å². The number of aliphatic hydroxyl groups is 1. The van der Waals surface area contributed by atoms with E-state index in [9.17, 15) is 9.90 Å². The molecule has 1 aliphatic rings. The molecule has 0 spiro atoms. The number of aliphatic hydroxyl groups excluding tert-OH is 1. The molecule has 2 N–H and O–H groups in total. The highest BCUT2D eigenvalue weighted by Crippen LogP contribution is 2.38. The van der Waals surface area contributed by atoms with Gasteiger partial charge in [0.2, 0.25) is 0 Å². The van der Waals surface area contributed by atoms with Gasteiger partial charge in [-0.3, -0.25) is 9.48 Å². The van der Waals surface area contributed by atoms with Crippen LogP contribution in [0, 0.1) is 0 Å². The lowest BCUT2D eigenvalue weighted by Gasteiger charge is -2.21. The molecule has 7 heteroatoms. The summed E-state index contributed by atoms with van der Waals surface area (Å²) >= 11 is 3.50. The van der Waals surface area contributed by atoms with E-state index in [1.807, 2.05) is 32.6 Å². The van der Waals surface area contributed by atoms with E-state index < -0.39 is 6.10 Å². The average molecular weight is 351 g/mol. The lowest BCUT2D eigenvalue weighted by atomic mass is 10.1. The van der Waals surface area contributed by atoms with Crippen molar-refractivity contribution in [1.29, 1.82) is 0 Å². The Morgan fingerprint density at radius 1 is 1.52 bits per heavy atom. The number of hydrogen-bond donors (Lipinski definition) is 2. The second-order valence-electron chi connectivity index (χ2n) is 5.16.